The van der Waals surface area contributed by atoms with Crippen LogP contribution in [0.5, 0.6) is 0 Å². The van der Waals surface area contributed by atoms with Crippen molar-refractivity contribution in [1.29, 1.82) is 0 Å². The number of carbonyl (C=O) groups excluding carboxylic acids is 1. The third-order valence-corrected chi connectivity index (χ3v) is 4.53. The Balaban J connectivity index is 2.37. The molecular weight excluding hydrogens is 352 g/mol. The lowest BCUT2D eigenvalue weighted by molar-refractivity contribution is -0.139. The molecule has 1 rings (SSSR count). The molecule has 0 saturated heterocycles. The van der Waals surface area contributed by atoms with Crippen LogP contribution in [0.4, 0.5) is 4.79 Å². The number of hydrogen-bond acceptors (Lipinski definition) is 4. The highest BCUT2D eigenvalue weighted by molar-refractivity contribution is 9.11. The minimum Gasteiger partial charge on any atom is -0.480 e. The fourth-order valence-electron chi connectivity index (χ4n) is 1.32. The largest absolute Gasteiger partial charge is 0.480 e. The van der Waals surface area contributed by atoms with Crippen molar-refractivity contribution >= 4 is 51.0 Å². The fourth-order valence-corrected chi connectivity index (χ4v) is 3.21. The van der Waals surface area contributed by atoms with Crippen molar-refractivity contribution in [3.05, 3.63) is 20.8 Å². The third-order valence-electron chi connectivity index (χ3n) is 2.27. The fraction of sp³-hybridized carbons (Fsp3) is 0.455. The number of carbonyl (C=O) groups is 2. The number of thioether (sulfide) groups is 1. The van der Waals surface area contributed by atoms with Crippen LogP contribution in [0.2, 0.25) is 0 Å². The highest BCUT2D eigenvalue weighted by Gasteiger charge is 2.19. The Hall–Kier alpha value is -0.730. The minimum absolute atomic E-state index is 0.386. The van der Waals surface area contributed by atoms with Crippen molar-refractivity contribution in [2.45, 2.75) is 19.0 Å². The topological polar surface area (TPSA) is 78.4 Å². The summed E-state index contributed by atoms with van der Waals surface area (Å²) >= 11 is 6.41. The van der Waals surface area contributed by atoms with Crippen LogP contribution >= 0.6 is 39.0 Å². The van der Waals surface area contributed by atoms with E-state index in [-0.39, 0.29) is 0 Å². The Morgan fingerprint density at radius 3 is 2.79 bits per heavy atom. The Labute approximate surface area is 128 Å². The second kappa shape index (κ2) is 8.44. The molecule has 1 aromatic heterocycles. The van der Waals surface area contributed by atoms with E-state index in [9.17, 15) is 9.59 Å². The van der Waals surface area contributed by atoms with Crippen molar-refractivity contribution in [3.63, 3.8) is 0 Å². The molecule has 0 radical (unpaired) electrons. The van der Waals surface area contributed by atoms with Crippen molar-refractivity contribution in [1.82, 2.24) is 10.6 Å². The molecule has 3 N–H and O–H groups in total. The SMILES string of the molecule is CSCC[C@@H](NC(=O)NCc1ccc(Br)s1)C(=O)O. The minimum atomic E-state index is -1.01. The standard InChI is InChI=1S/C11H15BrN2O3S2/c1-18-5-4-8(10(15)16)14-11(17)13-6-7-2-3-9(12)19-7/h2-3,8H,4-6H2,1H3,(H,15,16)(H2,13,14,17)/t8-/m1/s1. The summed E-state index contributed by atoms with van der Waals surface area (Å²) in [6.45, 7) is 0.386. The van der Waals surface area contributed by atoms with Crippen LogP contribution in [0.1, 0.15) is 11.3 Å². The molecule has 0 bridgehead atoms. The molecule has 0 spiro atoms. The van der Waals surface area contributed by atoms with Gasteiger partial charge in [0.05, 0.1) is 10.3 Å². The number of carboxylic acids is 1. The van der Waals surface area contributed by atoms with E-state index in [4.69, 9.17) is 5.11 Å². The van der Waals surface area contributed by atoms with Crippen LogP contribution in [0.25, 0.3) is 0 Å². The zero-order valence-corrected chi connectivity index (χ0v) is 13.5. The van der Waals surface area contributed by atoms with Crippen LogP contribution in [-0.4, -0.2) is 35.2 Å². The normalized spacial score (nSPS) is 11.9. The zero-order chi connectivity index (χ0) is 14.3. The first-order valence-electron chi connectivity index (χ1n) is 5.53. The first-order valence-corrected chi connectivity index (χ1v) is 8.53. The Kier molecular flexibility index (Phi) is 7.25. The van der Waals surface area contributed by atoms with Crippen molar-refractivity contribution in [2.75, 3.05) is 12.0 Å². The molecule has 0 unspecified atom stereocenters. The molecule has 2 amide bonds. The van der Waals surface area contributed by atoms with Crippen LogP contribution in [-0.2, 0) is 11.3 Å². The number of hydrogen-bond donors (Lipinski definition) is 3. The van der Waals surface area contributed by atoms with Crippen molar-refractivity contribution < 1.29 is 14.7 Å². The Morgan fingerprint density at radius 2 is 2.26 bits per heavy atom. The number of carboxylic acid groups (broad SMARTS) is 1. The second-order valence-electron chi connectivity index (χ2n) is 3.71. The van der Waals surface area contributed by atoms with Gasteiger partial charge in [0.1, 0.15) is 6.04 Å². The Bertz CT molecular complexity index is 439. The van der Waals surface area contributed by atoms with E-state index in [1.54, 1.807) is 11.8 Å². The smallest absolute Gasteiger partial charge is 0.326 e. The van der Waals surface area contributed by atoms with Gasteiger partial charge < -0.3 is 15.7 Å². The maximum absolute atomic E-state index is 11.6. The Morgan fingerprint density at radius 1 is 1.53 bits per heavy atom. The number of amides is 2. The average molecular weight is 367 g/mol. The summed E-state index contributed by atoms with van der Waals surface area (Å²) in [5.74, 6) is -0.321. The van der Waals surface area contributed by atoms with Crippen LogP contribution in [0, 0.1) is 0 Å². The lowest BCUT2D eigenvalue weighted by atomic mass is 10.2. The van der Waals surface area contributed by atoms with Crippen LogP contribution in [0.3, 0.4) is 0 Å². The van der Waals surface area contributed by atoms with Gasteiger partial charge in [0.2, 0.25) is 0 Å². The maximum Gasteiger partial charge on any atom is 0.326 e. The molecule has 0 aliphatic rings. The van der Waals surface area contributed by atoms with E-state index in [0.717, 1.165) is 8.66 Å². The monoisotopic (exact) mass is 366 g/mol. The number of aliphatic carboxylic acids is 1. The molecule has 1 atom stereocenters. The quantitative estimate of drug-likeness (QED) is 0.692. The van der Waals surface area contributed by atoms with E-state index in [1.807, 2.05) is 18.4 Å². The summed E-state index contributed by atoms with van der Waals surface area (Å²) in [6.07, 6.45) is 2.31. The van der Waals surface area contributed by atoms with Gasteiger partial charge in [-0.15, -0.1) is 11.3 Å². The van der Waals surface area contributed by atoms with Gasteiger partial charge in [0.15, 0.2) is 0 Å². The van der Waals surface area contributed by atoms with Gasteiger partial charge >= 0.3 is 12.0 Å². The molecule has 5 nitrogen and oxygen atoms in total. The summed E-state index contributed by atoms with van der Waals surface area (Å²) in [7, 11) is 0. The zero-order valence-electron chi connectivity index (χ0n) is 10.3. The van der Waals surface area contributed by atoms with Crippen molar-refractivity contribution in [2.24, 2.45) is 0 Å². The average Bonchev–Trinajstić information content (AvgIpc) is 2.77. The number of thiophene rings is 1. The first-order chi connectivity index (χ1) is 9.02. The summed E-state index contributed by atoms with van der Waals surface area (Å²) in [6, 6.07) is 2.50. The number of nitrogens with one attached hydrogen (secondary N) is 2. The lowest BCUT2D eigenvalue weighted by Crippen LogP contribution is -2.46. The highest BCUT2D eigenvalue weighted by Crippen LogP contribution is 2.21. The molecule has 1 aromatic rings. The van der Waals surface area contributed by atoms with E-state index >= 15 is 0 Å². The first kappa shape index (κ1) is 16.3. The predicted octanol–water partition coefficient (Wildman–Crippen LogP) is 2.52. The van der Waals surface area contributed by atoms with Gasteiger partial charge in [0.25, 0.3) is 0 Å². The molecule has 0 aliphatic heterocycles. The van der Waals surface area contributed by atoms with E-state index in [1.165, 1.54) is 11.3 Å². The summed E-state index contributed by atoms with van der Waals surface area (Å²) in [4.78, 5) is 23.6. The summed E-state index contributed by atoms with van der Waals surface area (Å²) in [5, 5.41) is 14.1. The number of rotatable bonds is 7. The molecule has 0 saturated carbocycles. The van der Waals surface area contributed by atoms with Crippen LogP contribution < -0.4 is 10.6 Å². The molecule has 106 valence electrons. The molecule has 8 heteroatoms. The summed E-state index contributed by atoms with van der Waals surface area (Å²) < 4.78 is 0.994. The molecule has 1 heterocycles. The molecular formula is C11H15BrN2O3S2. The summed E-state index contributed by atoms with van der Waals surface area (Å²) in [5.41, 5.74) is 0. The number of urea groups is 1. The van der Waals surface area contributed by atoms with Crippen molar-refractivity contribution in [3.8, 4) is 0 Å². The molecule has 0 fully saturated rings. The molecule has 0 aliphatic carbocycles. The van der Waals surface area contributed by atoms with Crippen LogP contribution in [0.15, 0.2) is 15.9 Å². The third kappa shape index (κ3) is 6.31. The maximum atomic E-state index is 11.6. The van der Waals surface area contributed by atoms with Gasteiger partial charge in [0, 0.05) is 4.88 Å². The van der Waals surface area contributed by atoms with Gasteiger partial charge in [-0.2, -0.15) is 11.8 Å². The van der Waals surface area contributed by atoms with Gasteiger partial charge in [-0.25, -0.2) is 9.59 Å². The van der Waals surface area contributed by atoms with Gasteiger partial charge in [-0.1, -0.05) is 0 Å². The predicted molar refractivity (Wildman–Crippen MR) is 81.8 cm³/mol. The van der Waals surface area contributed by atoms with E-state index in [2.05, 4.69) is 26.6 Å². The highest BCUT2D eigenvalue weighted by atomic mass is 79.9. The van der Waals surface area contributed by atoms with E-state index in [0.29, 0.717) is 18.7 Å². The van der Waals surface area contributed by atoms with Gasteiger partial charge in [-0.05, 0) is 46.5 Å². The van der Waals surface area contributed by atoms with E-state index < -0.39 is 18.0 Å². The van der Waals surface area contributed by atoms with Gasteiger partial charge in [-0.3, -0.25) is 0 Å². The second-order valence-corrected chi connectivity index (χ2v) is 7.24. The number of halogens is 1. The lowest BCUT2D eigenvalue weighted by Gasteiger charge is -2.14. The molecule has 19 heavy (non-hydrogen) atoms. The molecule has 0 aromatic carbocycles.